The number of carbonyl (C=O) groups excluding carboxylic acids is 2. The Labute approximate surface area is 250 Å². The summed E-state index contributed by atoms with van der Waals surface area (Å²) in [4.78, 5) is 40.6. The second-order valence-corrected chi connectivity index (χ2v) is 10.8. The van der Waals surface area contributed by atoms with Gasteiger partial charge >= 0.3 is 0 Å². The molecule has 1 saturated heterocycles. The van der Waals surface area contributed by atoms with Crippen LogP contribution in [-0.4, -0.2) is 63.3 Å². The number of piperidine rings is 1. The molecule has 0 aliphatic carbocycles. The quantitative estimate of drug-likeness (QED) is 0.273. The Morgan fingerprint density at radius 2 is 1.49 bits per heavy atom. The highest BCUT2D eigenvalue weighted by molar-refractivity contribution is 6.26. The normalized spacial score (nSPS) is 16.8. The molecule has 0 N–H and O–H groups in total. The molecule has 3 heterocycles. The minimum atomic E-state index is -0.409. The SMILES string of the molecule is COc1ccc(C(=O)N2C(=O)C(C3CCN(c4ncnc5cc(OC)c(OC)cc45)CC3)c3ccc(C)cc32)cc1OC. The third-order valence-corrected chi connectivity index (χ3v) is 8.51. The highest BCUT2D eigenvalue weighted by Crippen LogP contribution is 2.46. The number of hydrogen-bond donors (Lipinski definition) is 0. The lowest BCUT2D eigenvalue weighted by molar-refractivity contribution is -0.120. The zero-order chi connectivity index (χ0) is 30.2. The standard InChI is InChI=1S/C33H34N4O6/c1-19-6-8-22-25(14-19)37(32(38)21-7-9-26(40-2)27(15-21)41-3)33(39)30(22)20-10-12-36(13-11-20)31-23-16-28(42-4)29(43-5)17-24(23)34-18-35-31/h6-9,14-18,20,30H,10-13H2,1-5H3. The highest BCUT2D eigenvalue weighted by Gasteiger charge is 2.45. The summed E-state index contributed by atoms with van der Waals surface area (Å²) in [5, 5.41) is 0.878. The zero-order valence-corrected chi connectivity index (χ0v) is 24.9. The summed E-state index contributed by atoms with van der Waals surface area (Å²) in [6, 6.07) is 14.7. The van der Waals surface area contributed by atoms with Crippen molar-refractivity contribution in [2.45, 2.75) is 25.7 Å². The first-order valence-corrected chi connectivity index (χ1v) is 14.2. The molecule has 0 radical (unpaired) electrons. The maximum atomic E-state index is 14.1. The summed E-state index contributed by atoms with van der Waals surface area (Å²) >= 11 is 0. The zero-order valence-electron chi connectivity index (χ0n) is 24.9. The third-order valence-electron chi connectivity index (χ3n) is 8.51. The predicted octanol–water partition coefficient (Wildman–Crippen LogP) is 5.16. The molecule has 0 spiro atoms. The number of anilines is 2. The average molecular weight is 583 g/mol. The molecule has 43 heavy (non-hydrogen) atoms. The van der Waals surface area contributed by atoms with Crippen LogP contribution in [0.25, 0.3) is 10.9 Å². The topological polar surface area (TPSA) is 103 Å². The number of hydrogen-bond acceptors (Lipinski definition) is 9. The minimum absolute atomic E-state index is 0.0659. The first kappa shape index (κ1) is 28.3. The van der Waals surface area contributed by atoms with Crippen molar-refractivity contribution in [1.82, 2.24) is 9.97 Å². The fourth-order valence-electron chi connectivity index (χ4n) is 6.33. The van der Waals surface area contributed by atoms with E-state index in [-0.39, 0.29) is 17.7 Å². The van der Waals surface area contributed by atoms with E-state index in [9.17, 15) is 9.59 Å². The summed E-state index contributed by atoms with van der Waals surface area (Å²) in [7, 11) is 6.27. The largest absolute Gasteiger partial charge is 0.493 e. The van der Waals surface area contributed by atoms with Gasteiger partial charge in [0.15, 0.2) is 23.0 Å². The smallest absolute Gasteiger partial charge is 0.265 e. The van der Waals surface area contributed by atoms with Gasteiger partial charge in [0, 0.05) is 30.1 Å². The van der Waals surface area contributed by atoms with Crippen LogP contribution < -0.4 is 28.7 Å². The first-order valence-electron chi connectivity index (χ1n) is 14.2. The van der Waals surface area contributed by atoms with Crippen LogP contribution in [0.1, 0.15) is 40.2 Å². The van der Waals surface area contributed by atoms with Gasteiger partial charge in [-0.25, -0.2) is 14.9 Å². The van der Waals surface area contributed by atoms with Crippen molar-refractivity contribution >= 4 is 34.2 Å². The van der Waals surface area contributed by atoms with Gasteiger partial charge in [0.05, 0.1) is 45.6 Å². The molecule has 10 nitrogen and oxygen atoms in total. The molecule has 1 unspecified atom stereocenters. The van der Waals surface area contributed by atoms with E-state index in [0.717, 1.165) is 40.7 Å². The van der Waals surface area contributed by atoms with Crippen LogP contribution in [0.2, 0.25) is 0 Å². The molecular formula is C33H34N4O6. The third kappa shape index (κ3) is 4.86. The van der Waals surface area contributed by atoms with Crippen molar-refractivity contribution in [3.63, 3.8) is 0 Å². The maximum absolute atomic E-state index is 14.1. The molecule has 6 rings (SSSR count). The van der Waals surface area contributed by atoms with E-state index in [1.807, 2.05) is 37.3 Å². The van der Waals surface area contributed by atoms with Crippen LogP contribution in [0.4, 0.5) is 11.5 Å². The van der Waals surface area contributed by atoms with Crippen LogP contribution in [0, 0.1) is 12.8 Å². The van der Waals surface area contributed by atoms with Crippen LogP contribution in [-0.2, 0) is 4.79 Å². The van der Waals surface area contributed by atoms with E-state index in [1.165, 1.54) is 12.0 Å². The molecule has 1 atom stereocenters. The van der Waals surface area contributed by atoms with Crippen LogP contribution in [0.15, 0.2) is 54.9 Å². The Kier molecular flexibility index (Phi) is 7.52. The first-order chi connectivity index (χ1) is 20.9. The van der Waals surface area contributed by atoms with Gasteiger partial charge in [0.1, 0.15) is 12.1 Å². The van der Waals surface area contributed by atoms with Crippen molar-refractivity contribution in [3.8, 4) is 23.0 Å². The number of rotatable bonds is 7. The van der Waals surface area contributed by atoms with Gasteiger partial charge in [0.2, 0.25) is 5.91 Å². The van der Waals surface area contributed by atoms with Gasteiger partial charge in [-0.2, -0.15) is 0 Å². The Balaban J connectivity index is 1.27. The molecule has 222 valence electrons. The number of fused-ring (bicyclic) bond motifs is 2. The Hall–Kier alpha value is -4.86. The van der Waals surface area contributed by atoms with Crippen molar-refractivity contribution < 1.29 is 28.5 Å². The second kappa shape index (κ2) is 11.4. The van der Waals surface area contributed by atoms with Crippen LogP contribution in [0.5, 0.6) is 23.0 Å². The number of aryl methyl sites for hydroxylation is 1. The van der Waals surface area contributed by atoms with Gasteiger partial charge < -0.3 is 23.8 Å². The fraction of sp³-hybridized carbons (Fsp3) is 0.333. The summed E-state index contributed by atoms with van der Waals surface area (Å²) < 4.78 is 21.7. The molecule has 0 bridgehead atoms. The lowest BCUT2D eigenvalue weighted by Crippen LogP contribution is -2.40. The number of carbonyl (C=O) groups is 2. The number of nitrogens with zero attached hydrogens (tertiary/aromatic N) is 4. The summed E-state index contributed by atoms with van der Waals surface area (Å²) in [5.41, 5.74) is 3.66. The Bertz CT molecular complexity index is 1720. The Morgan fingerprint density at radius 3 is 2.19 bits per heavy atom. The molecule has 1 aromatic heterocycles. The number of benzene rings is 3. The van der Waals surface area contributed by atoms with Gasteiger partial charge in [0.25, 0.3) is 5.91 Å². The average Bonchev–Trinajstić information content (AvgIpc) is 3.33. The van der Waals surface area contributed by atoms with Crippen LogP contribution in [0.3, 0.4) is 0 Å². The number of methoxy groups -OCH3 is 4. The molecule has 3 aromatic carbocycles. The van der Waals surface area contributed by atoms with E-state index in [0.29, 0.717) is 47.3 Å². The monoisotopic (exact) mass is 582 g/mol. The van der Waals surface area contributed by atoms with Crippen molar-refractivity contribution in [3.05, 3.63) is 71.5 Å². The molecule has 2 amide bonds. The van der Waals surface area contributed by atoms with Gasteiger partial charge in [-0.3, -0.25) is 9.59 Å². The van der Waals surface area contributed by atoms with Crippen molar-refractivity contribution in [1.29, 1.82) is 0 Å². The van der Waals surface area contributed by atoms with E-state index < -0.39 is 5.92 Å². The summed E-state index contributed by atoms with van der Waals surface area (Å²) in [6.45, 7) is 3.38. The maximum Gasteiger partial charge on any atom is 0.265 e. The molecule has 4 aromatic rings. The van der Waals surface area contributed by atoms with Gasteiger partial charge in [-0.05, 0) is 67.1 Å². The van der Waals surface area contributed by atoms with E-state index in [1.54, 1.807) is 45.9 Å². The van der Waals surface area contributed by atoms with Gasteiger partial charge in [-0.15, -0.1) is 0 Å². The lowest BCUT2D eigenvalue weighted by Gasteiger charge is -2.35. The van der Waals surface area contributed by atoms with Crippen molar-refractivity contribution in [2.24, 2.45) is 5.92 Å². The molecule has 0 saturated carbocycles. The van der Waals surface area contributed by atoms with E-state index in [2.05, 4.69) is 14.9 Å². The minimum Gasteiger partial charge on any atom is -0.493 e. The number of amides is 2. The molecule has 2 aliphatic rings. The lowest BCUT2D eigenvalue weighted by atomic mass is 9.80. The van der Waals surface area contributed by atoms with E-state index >= 15 is 0 Å². The molecule has 2 aliphatic heterocycles. The summed E-state index contributed by atoms with van der Waals surface area (Å²) in [5.74, 6) is 2.08. The number of ether oxygens (including phenoxy) is 4. The van der Waals surface area contributed by atoms with E-state index in [4.69, 9.17) is 18.9 Å². The van der Waals surface area contributed by atoms with Crippen LogP contribution >= 0.6 is 0 Å². The predicted molar refractivity (Wildman–Crippen MR) is 163 cm³/mol. The van der Waals surface area contributed by atoms with Crippen molar-refractivity contribution in [2.75, 3.05) is 51.3 Å². The van der Waals surface area contributed by atoms with Gasteiger partial charge in [-0.1, -0.05) is 12.1 Å². The fourth-order valence-corrected chi connectivity index (χ4v) is 6.33. The second-order valence-electron chi connectivity index (χ2n) is 10.8. The molecule has 10 heteroatoms. The number of aromatic nitrogens is 2. The number of imide groups is 1. The summed E-state index contributed by atoms with van der Waals surface area (Å²) in [6.07, 6.45) is 3.09. The molecular weight excluding hydrogens is 548 g/mol. The Morgan fingerprint density at radius 1 is 0.814 bits per heavy atom. The highest BCUT2D eigenvalue weighted by atomic mass is 16.5. The molecule has 1 fully saturated rings.